The molecule has 164 valence electrons. The number of aliphatic imine (C=N–C) groups is 1. The van der Waals surface area contributed by atoms with E-state index in [1.165, 1.54) is 18.4 Å². The van der Waals surface area contributed by atoms with E-state index >= 15 is 0 Å². The van der Waals surface area contributed by atoms with Crippen molar-refractivity contribution in [1.82, 2.24) is 15.2 Å². The van der Waals surface area contributed by atoms with Crippen molar-refractivity contribution in [2.24, 2.45) is 16.8 Å². The summed E-state index contributed by atoms with van der Waals surface area (Å²) in [6, 6.07) is 4.10. The molecule has 3 rings (SSSR count). The lowest BCUT2D eigenvalue weighted by Gasteiger charge is -2.26. The number of halogens is 1. The Kier molecular flexibility index (Phi) is 10.5. The molecule has 0 aromatic carbocycles. The van der Waals surface area contributed by atoms with Crippen LogP contribution in [0.2, 0.25) is 0 Å². The lowest BCUT2D eigenvalue weighted by molar-refractivity contribution is 0.114. The van der Waals surface area contributed by atoms with Crippen molar-refractivity contribution in [2.75, 3.05) is 33.4 Å². The van der Waals surface area contributed by atoms with E-state index in [-0.39, 0.29) is 24.0 Å². The van der Waals surface area contributed by atoms with Gasteiger partial charge in [-0.2, -0.15) is 0 Å². The second-order valence-corrected chi connectivity index (χ2v) is 8.16. The van der Waals surface area contributed by atoms with Crippen LogP contribution < -0.4 is 10.1 Å². The topological polar surface area (TPSA) is 59.0 Å². The average molecular weight is 516 g/mol. The Bertz CT molecular complexity index is 635. The summed E-state index contributed by atoms with van der Waals surface area (Å²) >= 11 is 0. The van der Waals surface area contributed by atoms with E-state index in [4.69, 9.17) is 9.47 Å². The van der Waals surface area contributed by atoms with Crippen LogP contribution >= 0.6 is 24.0 Å². The first-order valence-corrected chi connectivity index (χ1v) is 10.8. The first-order chi connectivity index (χ1) is 13.7. The molecule has 1 aliphatic carbocycles. The Labute approximate surface area is 192 Å². The Morgan fingerprint density at radius 3 is 2.79 bits per heavy atom. The summed E-state index contributed by atoms with van der Waals surface area (Å²) < 4.78 is 11.7. The first kappa shape index (κ1) is 24.2. The summed E-state index contributed by atoms with van der Waals surface area (Å²) in [4.78, 5) is 11.2. The quantitative estimate of drug-likeness (QED) is 0.336. The highest BCUT2D eigenvalue weighted by atomic mass is 127. The van der Waals surface area contributed by atoms with E-state index in [0.717, 1.165) is 69.9 Å². The molecule has 1 N–H and O–H groups in total. The molecule has 1 saturated heterocycles. The number of aromatic nitrogens is 1. The molecule has 0 amide bonds. The fourth-order valence-corrected chi connectivity index (χ4v) is 4.10. The van der Waals surface area contributed by atoms with E-state index in [1.807, 2.05) is 19.3 Å². The van der Waals surface area contributed by atoms with Gasteiger partial charge in [0.2, 0.25) is 5.88 Å². The highest BCUT2D eigenvalue weighted by Gasteiger charge is 2.25. The van der Waals surface area contributed by atoms with Gasteiger partial charge in [0.25, 0.3) is 0 Å². The van der Waals surface area contributed by atoms with Gasteiger partial charge < -0.3 is 19.7 Å². The monoisotopic (exact) mass is 516 g/mol. The van der Waals surface area contributed by atoms with Crippen LogP contribution in [0.4, 0.5) is 0 Å². The lowest BCUT2D eigenvalue weighted by Crippen LogP contribution is -2.39. The van der Waals surface area contributed by atoms with Crippen LogP contribution in [0.5, 0.6) is 5.88 Å². The normalized spacial score (nSPS) is 24.9. The predicted octanol–water partition coefficient (Wildman–Crippen LogP) is 4.09. The Balaban J connectivity index is 0.00000300. The van der Waals surface area contributed by atoms with Gasteiger partial charge in [0.05, 0.1) is 6.61 Å². The van der Waals surface area contributed by atoms with Crippen LogP contribution in [0.1, 0.15) is 51.5 Å². The highest BCUT2D eigenvalue weighted by Crippen LogP contribution is 2.26. The zero-order valence-electron chi connectivity index (χ0n) is 18.1. The predicted molar refractivity (Wildman–Crippen MR) is 128 cm³/mol. The van der Waals surface area contributed by atoms with Gasteiger partial charge in [0, 0.05) is 51.5 Å². The van der Waals surface area contributed by atoms with E-state index < -0.39 is 0 Å². The van der Waals surface area contributed by atoms with E-state index in [1.54, 1.807) is 0 Å². The molecule has 0 radical (unpaired) electrons. The number of rotatable bonds is 7. The van der Waals surface area contributed by atoms with Crippen LogP contribution in [0.15, 0.2) is 23.3 Å². The Hall–Kier alpha value is -1.09. The van der Waals surface area contributed by atoms with Crippen LogP contribution in [0.25, 0.3) is 0 Å². The van der Waals surface area contributed by atoms with Crippen molar-refractivity contribution < 1.29 is 9.47 Å². The molecule has 0 spiro atoms. The second kappa shape index (κ2) is 12.6. The van der Waals surface area contributed by atoms with Gasteiger partial charge >= 0.3 is 0 Å². The summed E-state index contributed by atoms with van der Waals surface area (Å²) in [6.45, 7) is 8.76. The summed E-state index contributed by atoms with van der Waals surface area (Å²) in [6.07, 6.45) is 8.09. The van der Waals surface area contributed by atoms with Gasteiger partial charge in [-0.05, 0) is 56.6 Å². The van der Waals surface area contributed by atoms with Gasteiger partial charge in [-0.15, -0.1) is 24.0 Å². The molecule has 6 nitrogen and oxygen atoms in total. The number of hydrogen-bond donors (Lipinski definition) is 1. The zero-order chi connectivity index (χ0) is 19.8. The molecule has 7 heteroatoms. The smallest absolute Gasteiger partial charge is 0.213 e. The van der Waals surface area contributed by atoms with Gasteiger partial charge in [-0.1, -0.05) is 6.92 Å². The minimum atomic E-state index is 0. The van der Waals surface area contributed by atoms with E-state index in [0.29, 0.717) is 12.0 Å². The molecule has 1 atom stereocenters. The van der Waals surface area contributed by atoms with Crippen molar-refractivity contribution in [2.45, 2.75) is 58.6 Å². The first-order valence-electron chi connectivity index (χ1n) is 10.8. The van der Waals surface area contributed by atoms with Crippen molar-refractivity contribution in [1.29, 1.82) is 0 Å². The Morgan fingerprint density at radius 1 is 1.28 bits per heavy atom. The highest BCUT2D eigenvalue weighted by molar-refractivity contribution is 14.0. The van der Waals surface area contributed by atoms with E-state index in [9.17, 15) is 0 Å². The van der Waals surface area contributed by atoms with Crippen molar-refractivity contribution in [3.8, 4) is 5.88 Å². The Morgan fingerprint density at radius 2 is 2.07 bits per heavy atom. The molecule has 1 aromatic rings. The SMILES string of the molecule is CCOCC1CCN(C(=NC)NCc2ccnc(OC3CCC(C)CC3)c2)C1.I. The third-order valence-corrected chi connectivity index (χ3v) is 5.86. The summed E-state index contributed by atoms with van der Waals surface area (Å²) in [7, 11) is 1.85. The number of guanidine groups is 1. The average Bonchev–Trinajstić information content (AvgIpc) is 3.18. The molecule has 2 aliphatic rings. The van der Waals surface area contributed by atoms with Crippen LogP contribution in [0.3, 0.4) is 0 Å². The van der Waals surface area contributed by atoms with Crippen molar-refractivity contribution in [3.05, 3.63) is 23.9 Å². The zero-order valence-corrected chi connectivity index (χ0v) is 20.4. The minimum absolute atomic E-state index is 0. The van der Waals surface area contributed by atoms with Crippen LogP contribution in [0, 0.1) is 11.8 Å². The van der Waals surface area contributed by atoms with Gasteiger partial charge in [0.15, 0.2) is 5.96 Å². The standard InChI is InChI=1S/C22H36N4O2.HI/c1-4-27-16-19-10-12-26(15-19)22(23-3)25-14-18-9-11-24-21(13-18)28-20-7-5-17(2)6-8-20;/h9,11,13,17,19-20H,4-8,10,12,14-16H2,1-3H3,(H,23,25);1H. The number of hydrogen-bond acceptors (Lipinski definition) is 4. The molecule has 1 unspecified atom stereocenters. The maximum atomic E-state index is 6.14. The number of likely N-dealkylation sites (tertiary alicyclic amines) is 1. The number of pyridine rings is 1. The molecule has 1 saturated carbocycles. The minimum Gasteiger partial charge on any atom is -0.474 e. The molecule has 1 aromatic heterocycles. The molecule has 29 heavy (non-hydrogen) atoms. The number of nitrogens with zero attached hydrogens (tertiary/aromatic N) is 3. The third kappa shape index (κ3) is 7.59. The summed E-state index contributed by atoms with van der Waals surface area (Å²) in [5, 5.41) is 3.49. The lowest BCUT2D eigenvalue weighted by atomic mass is 9.89. The largest absolute Gasteiger partial charge is 0.474 e. The summed E-state index contributed by atoms with van der Waals surface area (Å²) in [5.74, 6) is 3.12. The maximum Gasteiger partial charge on any atom is 0.213 e. The molecule has 1 aliphatic heterocycles. The maximum absolute atomic E-state index is 6.14. The van der Waals surface area contributed by atoms with Crippen LogP contribution in [-0.2, 0) is 11.3 Å². The molecular formula is C22H37IN4O2. The number of nitrogens with one attached hydrogen (secondary N) is 1. The molecular weight excluding hydrogens is 479 g/mol. The molecule has 2 heterocycles. The van der Waals surface area contributed by atoms with Gasteiger partial charge in [0.1, 0.15) is 6.10 Å². The van der Waals surface area contributed by atoms with Crippen molar-refractivity contribution in [3.63, 3.8) is 0 Å². The third-order valence-electron chi connectivity index (χ3n) is 5.86. The van der Waals surface area contributed by atoms with Crippen LogP contribution in [-0.4, -0.2) is 55.3 Å². The van der Waals surface area contributed by atoms with Gasteiger partial charge in [-0.25, -0.2) is 4.98 Å². The van der Waals surface area contributed by atoms with Crippen molar-refractivity contribution >= 4 is 29.9 Å². The molecule has 2 fully saturated rings. The van der Waals surface area contributed by atoms with E-state index in [2.05, 4.69) is 40.1 Å². The fourth-order valence-electron chi connectivity index (χ4n) is 4.10. The second-order valence-electron chi connectivity index (χ2n) is 8.16. The fraction of sp³-hybridized carbons (Fsp3) is 0.727. The molecule has 0 bridgehead atoms. The number of ether oxygens (including phenoxy) is 2. The summed E-state index contributed by atoms with van der Waals surface area (Å²) in [5.41, 5.74) is 1.17. The van der Waals surface area contributed by atoms with Gasteiger partial charge in [-0.3, -0.25) is 4.99 Å².